The van der Waals surface area contributed by atoms with Gasteiger partial charge in [0.05, 0.1) is 14.2 Å². The van der Waals surface area contributed by atoms with Crippen LogP contribution < -0.4 is 4.74 Å². The molecule has 5 heteroatoms. The number of ether oxygens (including phenoxy) is 2. The third kappa shape index (κ3) is 3.31. The quantitative estimate of drug-likeness (QED) is 0.699. The summed E-state index contributed by atoms with van der Waals surface area (Å²) in [5, 5.41) is 8.17. The molecular weight excluding hydrogens is 278 g/mol. The highest BCUT2D eigenvalue weighted by atomic mass is 16.5. The molecule has 0 aliphatic heterocycles. The Morgan fingerprint density at radius 3 is 2.55 bits per heavy atom. The van der Waals surface area contributed by atoms with Gasteiger partial charge in [0.15, 0.2) is 5.84 Å². The molecule has 2 rings (SSSR count). The number of hydrogen-bond donors (Lipinski definition) is 1. The summed E-state index contributed by atoms with van der Waals surface area (Å²) >= 11 is 0. The first-order valence-electron chi connectivity index (χ1n) is 6.84. The van der Waals surface area contributed by atoms with Gasteiger partial charge in [-0.1, -0.05) is 6.07 Å². The summed E-state index contributed by atoms with van der Waals surface area (Å²) in [6.45, 7) is 3.86. The fourth-order valence-corrected chi connectivity index (χ4v) is 2.08. The van der Waals surface area contributed by atoms with Crippen molar-refractivity contribution >= 4 is 11.7 Å². The van der Waals surface area contributed by atoms with Crippen molar-refractivity contribution in [1.29, 1.82) is 5.41 Å². The summed E-state index contributed by atoms with van der Waals surface area (Å²) in [5.74, 6) is 1.27. The number of methoxy groups -OCH3 is 2. The van der Waals surface area contributed by atoms with Gasteiger partial charge in [-0.25, -0.2) is 0 Å². The molecule has 0 amide bonds. The van der Waals surface area contributed by atoms with Gasteiger partial charge in [-0.15, -0.1) is 0 Å². The number of hydrogen-bond acceptors (Lipinski definition) is 4. The minimum atomic E-state index is 0.135. The molecule has 1 aromatic heterocycles. The number of benzene rings is 1. The molecule has 22 heavy (non-hydrogen) atoms. The second kappa shape index (κ2) is 6.85. The normalized spacial score (nSPS) is 11.2. The molecule has 5 nitrogen and oxygen atoms in total. The van der Waals surface area contributed by atoms with Crippen LogP contribution in [-0.2, 0) is 4.74 Å². The SMILES string of the molecule is COC(=NC(=N)c1ccncc1C)c1ccc(C)c(OC)c1. The van der Waals surface area contributed by atoms with E-state index in [1.54, 1.807) is 25.6 Å². The first-order valence-corrected chi connectivity index (χ1v) is 6.84. The van der Waals surface area contributed by atoms with Gasteiger partial charge in [0, 0.05) is 23.5 Å². The predicted octanol–water partition coefficient (Wildman–Crippen LogP) is 3.13. The van der Waals surface area contributed by atoms with E-state index in [0.717, 1.165) is 28.0 Å². The lowest BCUT2D eigenvalue weighted by atomic mass is 10.1. The van der Waals surface area contributed by atoms with E-state index in [2.05, 4.69) is 9.98 Å². The Bertz CT molecular complexity index is 724. The van der Waals surface area contributed by atoms with Gasteiger partial charge in [-0.05, 0) is 43.2 Å². The number of pyridine rings is 1. The van der Waals surface area contributed by atoms with Crippen molar-refractivity contribution in [2.24, 2.45) is 4.99 Å². The number of nitrogens with one attached hydrogen (secondary N) is 1. The fraction of sp³-hybridized carbons (Fsp3) is 0.235. The molecule has 2 aromatic rings. The van der Waals surface area contributed by atoms with E-state index < -0.39 is 0 Å². The smallest absolute Gasteiger partial charge is 0.222 e. The lowest BCUT2D eigenvalue weighted by Crippen LogP contribution is -2.09. The van der Waals surface area contributed by atoms with Crippen LogP contribution in [0.1, 0.15) is 22.3 Å². The van der Waals surface area contributed by atoms with Gasteiger partial charge >= 0.3 is 0 Å². The summed E-state index contributed by atoms with van der Waals surface area (Å²) in [6.07, 6.45) is 3.36. The molecule has 0 spiro atoms. The molecule has 0 aliphatic rings. The third-order valence-electron chi connectivity index (χ3n) is 3.34. The average Bonchev–Trinajstić information content (AvgIpc) is 2.53. The van der Waals surface area contributed by atoms with Crippen molar-refractivity contribution in [3.8, 4) is 5.75 Å². The maximum Gasteiger partial charge on any atom is 0.222 e. The van der Waals surface area contributed by atoms with Crippen LogP contribution in [0.2, 0.25) is 0 Å². The average molecular weight is 297 g/mol. The summed E-state index contributed by atoms with van der Waals surface area (Å²) in [7, 11) is 3.16. The Balaban J connectivity index is 2.39. The Morgan fingerprint density at radius 1 is 1.14 bits per heavy atom. The summed E-state index contributed by atoms with van der Waals surface area (Å²) in [4.78, 5) is 8.32. The van der Waals surface area contributed by atoms with Gasteiger partial charge in [0.2, 0.25) is 5.90 Å². The van der Waals surface area contributed by atoms with Crippen LogP contribution in [0.4, 0.5) is 0 Å². The van der Waals surface area contributed by atoms with E-state index in [1.807, 2.05) is 32.0 Å². The molecule has 0 aliphatic carbocycles. The predicted molar refractivity (Wildman–Crippen MR) is 87.1 cm³/mol. The Hall–Kier alpha value is -2.69. The van der Waals surface area contributed by atoms with Gasteiger partial charge in [0.25, 0.3) is 0 Å². The number of nitrogens with zero attached hydrogens (tertiary/aromatic N) is 2. The standard InChI is InChI=1S/C17H19N3O2/c1-11-5-6-13(9-15(11)21-3)17(22-4)20-16(18)14-7-8-19-10-12(14)2/h5-10,18H,1-4H3. The maximum absolute atomic E-state index is 8.17. The van der Waals surface area contributed by atoms with E-state index in [1.165, 1.54) is 7.11 Å². The van der Waals surface area contributed by atoms with Crippen LogP contribution in [0.3, 0.4) is 0 Å². The Morgan fingerprint density at radius 2 is 1.91 bits per heavy atom. The summed E-state index contributed by atoms with van der Waals surface area (Å²) in [6, 6.07) is 7.45. The van der Waals surface area contributed by atoms with E-state index in [9.17, 15) is 0 Å². The van der Waals surface area contributed by atoms with Crippen LogP contribution in [0.15, 0.2) is 41.7 Å². The Labute approximate surface area is 130 Å². The van der Waals surface area contributed by atoms with Crippen molar-refractivity contribution in [1.82, 2.24) is 4.98 Å². The summed E-state index contributed by atoms with van der Waals surface area (Å²) in [5.41, 5.74) is 3.42. The zero-order valence-electron chi connectivity index (χ0n) is 13.2. The van der Waals surface area contributed by atoms with Gasteiger partial charge < -0.3 is 9.47 Å². The lowest BCUT2D eigenvalue weighted by molar-refractivity contribution is 0.401. The number of aromatic nitrogens is 1. The number of rotatable bonds is 3. The zero-order valence-corrected chi connectivity index (χ0v) is 13.2. The lowest BCUT2D eigenvalue weighted by Gasteiger charge is -2.10. The molecular formula is C17H19N3O2. The topological polar surface area (TPSA) is 67.6 Å². The first kappa shape index (κ1) is 15.7. The highest BCUT2D eigenvalue weighted by molar-refractivity contribution is 6.08. The fourth-order valence-electron chi connectivity index (χ4n) is 2.08. The van der Waals surface area contributed by atoms with E-state index >= 15 is 0 Å². The highest BCUT2D eigenvalue weighted by Crippen LogP contribution is 2.20. The minimum absolute atomic E-state index is 0.135. The Kier molecular flexibility index (Phi) is 4.88. The van der Waals surface area contributed by atoms with Crippen molar-refractivity contribution in [3.63, 3.8) is 0 Å². The van der Waals surface area contributed by atoms with Gasteiger partial charge in [-0.2, -0.15) is 4.99 Å². The van der Waals surface area contributed by atoms with E-state index in [0.29, 0.717) is 5.90 Å². The number of aryl methyl sites for hydroxylation is 2. The molecule has 0 atom stereocenters. The molecule has 0 bridgehead atoms. The van der Waals surface area contributed by atoms with Gasteiger partial charge in [0.1, 0.15) is 5.75 Å². The van der Waals surface area contributed by atoms with Crippen LogP contribution in [-0.4, -0.2) is 30.9 Å². The molecule has 1 heterocycles. The molecule has 0 unspecified atom stereocenters. The summed E-state index contributed by atoms with van der Waals surface area (Å²) < 4.78 is 10.7. The second-order valence-corrected chi connectivity index (χ2v) is 4.84. The monoisotopic (exact) mass is 297 g/mol. The molecule has 1 aromatic carbocycles. The largest absolute Gasteiger partial charge is 0.496 e. The molecule has 114 valence electrons. The third-order valence-corrected chi connectivity index (χ3v) is 3.34. The van der Waals surface area contributed by atoms with Crippen molar-refractivity contribution in [3.05, 3.63) is 58.9 Å². The number of amidine groups is 1. The van der Waals surface area contributed by atoms with Crippen LogP contribution in [0.25, 0.3) is 0 Å². The van der Waals surface area contributed by atoms with Crippen LogP contribution in [0.5, 0.6) is 5.75 Å². The van der Waals surface area contributed by atoms with Crippen molar-refractivity contribution < 1.29 is 9.47 Å². The molecule has 0 radical (unpaired) electrons. The van der Waals surface area contributed by atoms with Crippen LogP contribution >= 0.6 is 0 Å². The van der Waals surface area contributed by atoms with Crippen molar-refractivity contribution in [2.75, 3.05) is 14.2 Å². The van der Waals surface area contributed by atoms with E-state index in [-0.39, 0.29) is 5.84 Å². The second-order valence-electron chi connectivity index (χ2n) is 4.84. The minimum Gasteiger partial charge on any atom is -0.496 e. The maximum atomic E-state index is 8.17. The van der Waals surface area contributed by atoms with Crippen molar-refractivity contribution in [2.45, 2.75) is 13.8 Å². The first-order chi connectivity index (χ1) is 10.6. The molecule has 0 saturated carbocycles. The van der Waals surface area contributed by atoms with Crippen LogP contribution in [0, 0.1) is 19.3 Å². The molecule has 1 N–H and O–H groups in total. The molecule has 0 saturated heterocycles. The molecule has 0 fully saturated rings. The zero-order chi connectivity index (χ0) is 16.1. The van der Waals surface area contributed by atoms with Gasteiger partial charge in [-0.3, -0.25) is 10.4 Å². The number of aliphatic imine (C=N–C) groups is 1. The highest BCUT2D eigenvalue weighted by Gasteiger charge is 2.10. The van der Waals surface area contributed by atoms with E-state index in [4.69, 9.17) is 14.9 Å².